The van der Waals surface area contributed by atoms with Crippen LogP contribution < -0.4 is 0 Å². The third-order valence-electron chi connectivity index (χ3n) is 9.27. The quantitative estimate of drug-likeness (QED) is 0.219. The highest BCUT2D eigenvalue weighted by Crippen LogP contribution is 2.57. The molecule has 0 radical (unpaired) electrons. The van der Waals surface area contributed by atoms with E-state index in [9.17, 15) is 5.26 Å². The topological polar surface area (TPSA) is 49.6 Å². The molecular formula is C40H29N3. The molecule has 3 heteroatoms. The van der Waals surface area contributed by atoms with E-state index in [0.29, 0.717) is 5.82 Å². The Morgan fingerprint density at radius 3 is 1.72 bits per heavy atom. The average molecular weight is 552 g/mol. The largest absolute Gasteiger partial charge is 0.228 e. The average Bonchev–Trinajstić information content (AvgIpc) is 3.69. The molecule has 6 aromatic rings. The van der Waals surface area contributed by atoms with E-state index in [0.717, 1.165) is 52.0 Å². The molecule has 0 unspecified atom stereocenters. The van der Waals surface area contributed by atoms with Crippen molar-refractivity contribution in [2.24, 2.45) is 0 Å². The molecule has 8 rings (SSSR count). The van der Waals surface area contributed by atoms with E-state index < -0.39 is 0 Å². The fourth-order valence-electron chi connectivity index (χ4n) is 7.19. The van der Waals surface area contributed by atoms with Gasteiger partial charge in [-0.25, -0.2) is 9.97 Å². The molecule has 0 saturated heterocycles. The highest BCUT2D eigenvalue weighted by molar-refractivity contribution is 5.85. The van der Waals surface area contributed by atoms with Crippen LogP contribution in [0.5, 0.6) is 0 Å². The van der Waals surface area contributed by atoms with Crippen LogP contribution in [-0.4, -0.2) is 9.97 Å². The molecule has 2 aliphatic carbocycles. The molecule has 43 heavy (non-hydrogen) atoms. The summed E-state index contributed by atoms with van der Waals surface area (Å²) in [5.41, 5.74) is 13.4. The van der Waals surface area contributed by atoms with Crippen LogP contribution in [0, 0.1) is 11.3 Å². The molecular weight excluding hydrogens is 522 g/mol. The van der Waals surface area contributed by atoms with E-state index >= 15 is 0 Å². The maximum absolute atomic E-state index is 9.63. The van der Waals surface area contributed by atoms with Crippen LogP contribution in [-0.2, 0) is 5.41 Å². The Morgan fingerprint density at radius 1 is 0.512 bits per heavy atom. The third kappa shape index (κ3) is 4.26. The Hall–Kier alpha value is -5.33. The predicted octanol–water partition coefficient (Wildman–Crippen LogP) is 9.86. The van der Waals surface area contributed by atoms with Crippen molar-refractivity contribution in [1.82, 2.24) is 9.97 Å². The van der Waals surface area contributed by atoms with Crippen LogP contribution in [0.3, 0.4) is 0 Å². The van der Waals surface area contributed by atoms with Gasteiger partial charge in [-0.3, -0.25) is 0 Å². The molecule has 1 aromatic heterocycles. The zero-order chi connectivity index (χ0) is 28.8. The minimum Gasteiger partial charge on any atom is -0.228 e. The summed E-state index contributed by atoms with van der Waals surface area (Å²) in [6.45, 7) is 0. The van der Waals surface area contributed by atoms with Crippen molar-refractivity contribution in [3.8, 4) is 62.2 Å². The lowest BCUT2D eigenvalue weighted by Crippen LogP contribution is -2.20. The van der Waals surface area contributed by atoms with Crippen LogP contribution in [0.1, 0.15) is 42.4 Å². The van der Waals surface area contributed by atoms with E-state index in [-0.39, 0.29) is 5.41 Å². The number of nitriles is 1. The first-order valence-electron chi connectivity index (χ1n) is 15.0. The first-order valence-corrected chi connectivity index (χ1v) is 15.0. The van der Waals surface area contributed by atoms with Crippen LogP contribution in [0.15, 0.2) is 127 Å². The molecule has 1 spiro atoms. The van der Waals surface area contributed by atoms with Gasteiger partial charge in [-0.2, -0.15) is 5.26 Å². The zero-order valence-electron chi connectivity index (χ0n) is 23.8. The summed E-state index contributed by atoms with van der Waals surface area (Å²) in [5.74, 6) is 0.715. The Bertz CT molecular complexity index is 1970. The fraction of sp³-hybridized carbons (Fsp3) is 0.125. The molecule has 204 valence electrons. The second-order valence-corrected chi connectivity index (χ2v) is 11.7. The van der Waals surface area contributed by atoms with Gasteiger partial charge in [-0.05, 0) is 76.6 Å². The lowest BCUT2D eigenvalue weighted by atomic mass is 9.76. The van der Waals surface area contributed by atoms with E-state index in [1.807, 2.05) is 42.5 Å². The van der Waals surface area contributed by atoms with E-state index in [2.05, 4.69) is 91.0 Å². The number of rotatable bonds is 4. The van der Waals surface area contributed by atoms with Crippen molar-refractivity contribution in [2.75, 3.05) is 0 Å². The lowest BCUT2D eigenvalue weighted by Gasteiger charge is -2.27. The normalized spacial score (nSPS) is 14.3. The number of hydrogen-bond donors (Lipinski definition) is 0. The second-order valence-electron chi connectivity index (χ2n) is 11.7. The number of aromatic nitrogens is 2. The van der Waals surface area contributed by atoms with E-state index in [1.165, 1.54) is 40.7 Å². The Morgan fingerprint density at radius 2 is 1.07 bits per heavy atom. The smallest absolute Gasteiger partial charge is 0.160 e. The van der Waals surface area contributed by atoms with Gasteiger partial charge in [-0.15, -0.1) is 0 Å². The van der Waals surface area contributed by atoms with Gasteiger partial charge in [0.2, 0.25) is 0 Å². The molecule has 2 aliphatic rings. The second kappa shape index (κ2) is 10.2. The van der Waals surface area contributed by atoms with Crippen molar-refractivity contribution in [2.45, 2.75) is 31.1 Å². The van der Waals surface area contributed by atoms with Crippen molar-refractivity contribution >= 4 is 0 Å². The van der Waals surface area contributed by atoms with Crippen molar-refractivity contribution in [1.29, 1.82) is 5.26 Å². The minimum atomic E-state index is 0.00284. The molecule has 1 fully saturated rings. The third-order valence-corrected chi connectivity index (χ3v) is 9.27. The van der Waals surface area contributed by atoms with Gasteiger partial charge in [0.05, 0.1) is 23.0 Å². The predicted molar refractivity (Wildman–Crippen MR) is 173 cm³/mol. The highest BCUT2D eigenvalue weighted by Gasteiger charge is 2.45. The van der Waals surface area contributed by atoms with Gasteiger partial charge in [0, 0.05) is 22.1 Å². The first-order chi connectivity index (χ1) is 21.2. The maximum Gasteiger partial charge on any atom is 0.160 e. The van der Waals surface area contributed by atoms with Crippen molar-refractivity contribution in [3.63, 3.8) is 0 Å². The number of benzene rings is 5. The summed E-state index contributed by atoms with van der Waals surface area (Å²) in [6, 6.07) is 46.9. The summed E-state index contributed by atoms with van der Waals surface area (Å²) >= 11 is 0. The minimum absolute atomic E-state index is 0.00284. The summed E-state index contributed by atoms with van der Waals surface area (Å²) < 4.78 is 0. The monoisotopic (exact) mass is 551 g/mol. The number of hydrogen-bond acceptors (Lipinski definition) is 3. The molecule has 0 amide bonds. The lowest BCUT2D eigenvalue weighted by molar-refractivity contribution is 0.550. The Balaban J connectivity index is 1.24. The van der Waals surface area contributed by atoms with Gasteiger partial charge in [-0.1, -0.05) is 110 Å². The SMILES string of the molecule is N#Cc1ccc2c(c1)C1(CCCC1)c1cc(-c3cccc(-c4nc(-c5ccccc5)cc(-c5ccccc5)n4)c3)ccc1-2. The van der Waals surface area contributed by atoms with E-state index in [4.69, 9.17) is 9.97 Å². The Labute approximate surface area is 252 Å². The van der Waals surface area contributed by atoms with Gasteiger partial charge >= 0.3 is 0 Å². The fourth-order valence-corrected chi connectivity index (χ4v) is 7.19. The standard InChI is InChI=1S/C40H29N3/c41-26-27-16-18-33-34-19-17-31(24-36(34)40(35(33)22-27)20-7-8-21-40)30-14-9-15-32(23-30)39-42-37(28-10-3-1-4-11-28)25-38(43-39)29-12-5-2-6-13-29/h1-6,9-19,22-25H,7-8,20-21H2. The Kier molecular flexibility index (Phi) is 6.02. The molecule has 0 atom stereocenters. The summed E-state index contributed by atoms with van der Waals surface area (Å²) in [4.78, 5) is 10.1. The van der Waals surface area contributed by atoms with Crippen LogP contribution in [0.25, 0.3) is 56.2 Å². The molecule has 0 bridgehead atoms. The first kappa shape index (κ1) is 25.4. The molecule has 0 aliphatic heterocycles. The summed E-state index contributed by atoms with van der Waals surface area (Å²) in [7, 11) is 0. The molecule has 0 N–H and O–H groups in total. The van der Waals surface area contributed by atoms with Crippen LogP contribution in [0.2, 0.25) is 0 Å². The maximum atomic E-state index is 9.63. The van der Waals surface area contributed by atoms with Gasteiger partial charge in [0.25, 0.3) is 0 Å². The molecule has 1 saturated carbocycles. The van der Waals surface area contributed by atoms with Gasteiger partial charge in [0.15, 0.2) is 5.82 Å². The van der Waals surface area contributed by atoms with Gasteiger partial charge < -0.3 is 0 Å². The highest BCUT2D eigenvalue weighted by atomic mass is 14.9. The summed E-state index contributed by atoms with van der Waals surface area (Å²) in [6.07, 6.45) is 4.70. The zero-order valence-corrected chi connectivity index (χ0v) is 23.8. The molecule has 1 heterocycles. The molecule has 3 nitrogen and oxygen atoms in total. The summed E-state index contributed by atoms with van der Waals surface area (Å²) in [5, 5.41) is 9.63. The van der Waals surface area contributed by atoms with Crippen LogP contribution >= 0.6 is 0 Å². The number of fused-ring (bicyclic) bond motifs is 5. The number of nitrogens with zero attached hydrogens (tertiary/aromatic N) is 3. The van der Waals surface area contributed by atoms with Crippen molar-refractivity contribution in [3.05, 3.63) is 144 Å². The van der Waals surface area contributed by atoms with Gasteiger partial charge in [0.1, 0.15) is 0 Å². The van der Waals surface area contributed by atoms with Crippen molar-refractivity contribution < 1.29 is 0 Å². The van der Waals surface area contributed by atoms with Crippen LogP contribution in [0.4, 0.5) is 0 Å². The molecule has 5 aromatic carbocycles. The van der Waals surface area contributed by atoms with E-state index in [1.54, 1.807) is 0 Å².